The predicted octanol–water partition coefficient (Wildman–Crippen LogP) is 6.19. The van der Waals surface area contributed by atoms with Gasteiger partial charge >= 0.3 is 0 Å². The number of thioether (sulfide) groups is 1. The minimum absolute atomic E-state index is 0.142. The van der Waals surface area contributed by atoms with Crippen LogP contribution in [-0.2, 0) is 11.3 Å². The number of carbonyl (C=O) groups excluding carboxylic acids is 1. The van der Waals surface area contributed by atoms with E-state index in [0.717, 1.165) is 44.4 Å². The summed E-state index contributed by atoms with van der Waals surface area (Å²) >= 11 is 1.35. The predicted molar refractivity (Wildman–Crippen MR) is 131 cm³/mol. The van der Waals surface area contributed by atoms with Crippen molar-refractivity contribution in [2.75, 3.05) is 5.75 Å². The quantitative estimate of drug-likeness (QED) is 0.491. The topological polar surface area (TPSA) is 53.8 Å². The summed E-state index contributed by atoms with van der Waals surface area (Å²) in [5.41, 5.74) is 6.15. The molecule has 4 nitrogen and oxygen atoms in total. The molecular formula is C26H23F2N3OS. The van der Waals surface area contributed by atoms with Crippen LogP contribution in [0.2, 0.25) is 0 Å². The number of fused-ring (bicyclic) bond motifs is 1. The zero-order valence-corrected chi connectivity index (χ0v) is 19.2. The molecule has 4 rings (SSSR count). The third-order valence-corrected chi connectivity index (χ3v) is 6.34. The lowest BCUT2D eigenvalue weighted by molar-refractivity contribution is -0.118. The van der Waals surface area contributed by atoms with Gasteiger partial charge in [-0.05, 0) is 72.5 Å². The molecule has 3 aromatic rings. The smallest absolute Gasteiger partial charge is 0.230 e. The van der Waals surface area contributed by atoms with Crippen LogP contribution in [0.3, 0.4) is 0 Å². The number of aryl methyl sites for hydroxylation is 2. The van der Waals surface area contributed by atoms with Gasteiger partial charge in [0.25, 0.3) is 0 Å². The number of amides is 1. The van der Waals surface area contributed by atoms with Gasteiger partial charge in [0.15, 0.2) is 0 Å². The van der Waals surface area contributed by atoms with Gasteiger partial charge in [-0.15, -0.1) is 11.8 Å². The highest BCUT2D eigenvalue weighted by atomic mass is 32.2. The maximum atomic E-state index is 13.4. The Labute approximate surface area is 195 Å². The molecule has 1 N–H and O–H groups in total. The van der Waals surface area contributed by atoms with E-state index in [2.05, 4.69) is 5.32 Å². The van der Waals surface area contributed by atoms with Crippen LogP contribution in [0.5, 0.6) is 0 Å². The van der Waals surface area contributed by atoms with Gasteiger partial charge in [-0.1, -0.05) is 24.3 Å². The molecule has 0 radical (unpaired) electrons. The van der Waals surface area contributed by atoms with Crippen molar-refractivity contribution in [2.45, 2.75) is 26.8 Å². The number of nitrogens with zero attached hydrogens (tertiary/aromatic N) is 2. The number of rotatable bonds is 5. The highest BCUT2D eigenvalue weighted by Crippen LogP contribution is 2.36. The average molecular weight is 464 g/mol. The van der Waals surface area contributed by atoms with Gasteiger partial charge in [0, 0.05) is 13.0 Å². The van der Waals surface area contributed by atoms with Crippen LogP contribution in [0.25, 0.3) is 0 Å². The maximum Gasteiger partial charge on any atom is 0.230 e. The number of nitrogens with one attached hydrogen (secondary N) is 1. The molecule has 7 heteroatoms. The Morgan fingerprint density at radius 3 is 2.12 bits per heavy atom. The van der Waals surface area contributed by atoms with Crippen LogP contribution < -0.4 is 5.32 Å². The Kier molecular flexibility index (Phi) is 6.99. The van der Waals surface area contributed by atoms with E-state index in [1.54, 1.807) is 24.3 Å². The number of halogens is 2. The van der Waals surface area contributed by atoms with E-state index >= 15 is 0 Å². The van der Waals surface area contributed by atoms with Crippen LogP contribution in [-0.4, -0.2) is 22.4 Å². The largest absolute Gasteiger partial charge is 0.351 e. The summed E-state index contributed by atoms with van der Waals surface area (Å²) in [6.45, 7) is 4.38. The van der Waals surface area contributed by atoms with E-state index < -0.39 is 0 Å². The lowest BCUT2D eigenvalue weighted by Crippen LogP contribution is -2.25. The molecule has 0 unspecified atom stereocenters. The molecule has 0 aromatic heterocycles. The van der Waals surface area contributed by atoms with Crippen molar-refractivity contribution in [2.24, 2.45) is 9.98 Å². The lowest BCUT2D eigenvalue weighted by Gasteiger charge is -2.08. The Bertz CT molecular complexity index is 1240. The van der Waals surface area contributed by atoms with Gasteiger partial charge in [0.05, 0.1) is 27.9 Å². The molecule has 0 saturated carbocycles. The zero-order chi connectivity index (χ0) is 23.4. The van der Waals surface area contributed by atoms with Crippen molar-refractivity contribution in [3.63, 3.8) is 0 Å². The molecule has 0 saturated heterocycles. The monoisotopic (exact) mass is 463 g/mol. The second-order valence-electron chi connectivity index (χ2n) is 7.86. The van der Waals surface area contributed by atoms with Gasteiger partial charge in [-0.25, -0.2) is 13.8 Å². The average Bonchev–Trinajstić information content (AvgIpc) is 2.97. The summed E-state index contributed by atoms with van der Waals surface area (Å²) < 4.78 is 26.5. The summed E-state index contributed by atoms with van der Waals surface area (Å²) in [4.78, 5) is 22.1. The molecule has 0 atom stereocenters. The summed E-state index contributed by atoms with van der Waals surface area (Å²) in [5.74, 6) is -0.564. The molecule has 0 bridgehead atoms. The fraction of sp³-hybridized carbons (Fsp3) is 0.192. The summed E-state index contributed by atoms with van der Waals surface area (Å²) in [5, 5.41) is 3.61. The van der Waals surface area contributed by atoms with Crippen molar-refractivity contribution in [3.05, 3.63) is 94.6 Å². The Balaban J connectivity index is 1.51. The first-order valence-corrected chi connectivity index (χ1v) is 11.5. The molecule has 168 valence electrons. The van der Waals surface area contributed by atoms with Gasteiger partial charge in [-0.3, -0.25) is 9.79 Å². The molecule has 1 heterocycles. The van der Waals surface area contributed by atoms with E-state index in [9.17, 15) is 13.6 Å². The first-order valence-electron chi connectivity index (χ1n) is 10.5. The minimum atomic E-state index is -0.309. The van der Waals surface area contributed by atoms with Crippen LogP contribution in [0, 0.1) is 25.5 Å². The van der Waals surface area contributed by atoms with E-state index in [1.807, 2.05) is 26.0 Å². The Morgan fingerprint density at radius 2 is 1.48 bits per heavy atom. The Morgan fingerprint density at radius 1 is 0.909 bits per heavy atom. The lowest BCUT2D eigenvalue weighted by atomic mass is 10.1. The van der Waals surface area contributed by atoms with Gasteiger partial charge < -0.3 is 5.32 Å². The minimum Gasteiger partial charge on any atom is -0.351 e. The molecule has 1 amide bonds. The number of hydrogen-bond acceptors (Lipinski definition) is 4. The number of hydrogen-bond donors (Lipinski definition) is 1. The molecule has 1 aliphatic heterocycles. The zero-order valence-electron chi connectivity index (χ0n) is 18.4. The van der Waals surface area contributed by atoms with Crippen LogP contribution in [0.1, 0.15) is 28.7 Å². The molecule has 1 aliphatic rings. The van der Waals surface area contributed by atoms with E-state index in [1.165, 1.54) is 36.0 Å². The summed E-state index contributed by atoms with van der Waals surface area (Å²) in [6.07, 6.45) is 0.439. The van der Waals surface area contributed by atoms with Crippen molar-refractivity contribution in [3.8, 4) is 0 Å². The van der Waals surface area contributed by atoms with Gasteiger partial charge in [0.1, 0.15) is 11.6 Å². The van der Waals surface area contributed by atoms with Crippen molar-refractivity contribution in [1.82, 2.24) is 5.32 Å². The SMILES string of the molecule is Cc1cc2c(cc1C)N=C(c1ccc(F)cc1)CC(SCC(=O)NCc1ccc(F)cc1)=N2. The first kappa shape index (κ1) is 22.9. The van der Waals surface area contributed by atoms with E-state index in [4.69, 9.17) is 9.98 Å². The Hall–Kier alpha value is -3.32. The summed E-state index contributed by atoms with van der Waals surface area (Å²) in [7, 11) is 0. The third kappa shape index (κ3) is 5.93. The molecular weight excluding hydrogens is 440 g/mol. The molecule has 3 aromatic carbocycles. The molecule has 0 spiro atoms. The fourth-order valence-electron chi connectivity index (χ4n) is 3.36. The molecule has 0 aliphatic carbocycles. The fourth-order valence-corrected chi connectivity index (χ4v) is 4.16. The normalized spacial score (nSPS) is 13.0. The molecule has 33 heavy (non-hydrogen) atoms. The van der Waals surface area contributed by atoms with Crippen LogP contribution in [0.15, 0.2) is 70.6 Å². The second-order valence-corrected chi connectivity index (χ2v) is 8.91. The second kappa shape index (κ2) is 10.1. The number of aliphatic imine (C=N–C) groups is 2. The van der Waals surface area contributed by atoms with E-state index in [0.29, 0.717) is 13.0 Å². The van der Waals surface area contributed by atoms with Crippen LogP contribution in [0.4, 0.5) is 20.2 Å². The van der Waals surface area contributed by atoms with E-state index in [-0.39, 0.29) is 23.3 Å². The molecule has 0 fully saturated rings. The van der Waals surface area contributed by atoms with Crippen LogP contribution >= 0.6 is 11.8 Å². The standard InChI is InChI=1S/C26H23F2N3OS/c1-16-11-23-24(12-17(16)2)31-26(13-22(30-23)19-5-9-21(28)10-6-19)33-15-25(32)29-14-18-3-7-20(27)8-4-18/h3-12H,13-15H2,1-2H3,(H,29,32). The van der Waals surface area contributed by atoms with Crippen molar-refractivity contribution < 1.29 is 13.6 Å². The van der Waals surface area contributed by atoms with Crippen molar-refractivity contribution >= 4 is 39.8 Å². The first-order chi connectivity index (χ1) is 15.9. The van der Waals surface area contributed by atoms with Gasteiger partial charge in [0.2, 0.25) is 5.91 Å². The summed E-state index contributed by atoms with van der Waals surface area (Å²) in [6, 6.07) is 16.3. The number of carbonyl (C=O) groups is 1. The van der Waals surface area contributed by atoms with Crippen molar-refractivity contribution in [1.29, 1.82) is 0 Å². The highest BCUT2D eigenvalue weighted by molar-refractivity contribution is 8.14. The highest BCUT2D eigenvalue weighted by Gasteiger charge is 2.17. The van der Waals surface area contributed by atoms with Gasteiger partial charge in [-0.2, -0.15) is 0 Å². The third-order valence-electron chi connectivity index (χ3n) is 5.36. The number of benzene rings is 3. The maximum absolute atomic E-state index is 13.4.